The standard InChI is InChI=1S/C27H25N3O5/c1-34-23-12-4-19(5-13-23)15-30-24(16-35-17-25(30)31)26(32)20-8-10-22(11-9-20)29-27(33)21-6-2-18(14-28)3-7-21/h2-13,24,26,32H,15-17H2,1H3,(H,29,33)/t24-,26-/m1/s1. The predicted molar refractivity (Wildman–Crippen MR) is 129 cm³/mol. The Morgan fingerprint density at radius 2 is 1.83 bits per heavy atom. The van der Waals surface area contributed by atoms with Crippen molar-refractivity contribution in [1.29, 1.82) is 5.26 Å². The van der Waals surface area contributed by atoms with E-state index >= 15 is 0 Å². The van der Waals surface area contributed by atoms with Crippen LogP contribution in [-0.4, -0.2) is 48.2 Å². The molecule has 1 aliphatic rings. The van der Waals surface area contributed by atoms with E-state index in [0.29, 0.717) is 28.9 Å². The van der Waals surface area contributed by atoms with Gasteiger partial charge in [-0.2, -0.15) is 5.26 Å². The molecule has 0 bridgehead atoms. The number of nitrogens with zero attached hydrogens (tertiary/aromatic N) is 2. The van der Waals surface area contributed by atoms with Crippen LogP contribution in [0.3, 0.4) is 0 Å². The molecule has 0 aliphatic carbocycles. The number of benzene rings is 3. The van der Waals surface area contributed by atoms with Gasteiger partial charge in [-0.15, -0.1) is 0 Å². The highest BCUT2D eigenvalue weighted by molar-refractivity contribution is 6.04. The predicted octanol–water partition coefficient (Wildman–Crippen LogP) is 3.28. The molecule has 0 aromatic heterocycles. The van der Waals surface area contributed by atoms with E-state index < -0.39 is 12.1 Å². The third-order valence-corrected chi connectivity index (χ3v) is 5.90. The lowest BCUT2D eigenvalue weighted by molar-refractivity contribution is -0.155. The van der Waals surface area contributed by atoms with Gasteiger partial charge in [-0.25, -0.2) is 0 Å². The maximum atomic E-state index is 12.6. The highest BCUT2D eigenvalue weighted by atomic mass is 16.5. The minimum absolute atomic E-state index is 0.0281. The molecule has 0 radical (unpaired) electrons. The number of amides is 2. The molecule has 1 aliphatic heterocycles. The fraction of sp³-hybridized carbons (Fsp3) is 0.222. The first-order valence-electron chi connectivity index (χ1n) is 11.1. The molecule has 2 amide bonds. The summed E-state index contributed by atoms with van der Waals surface area (Å²) in [5, 5.41) is 22.8. The zero-order valence-electron chi connectivity index (χ0n) is 19.2. The fourth-order valence-corrected chi connectivity index (χ4v) is 3.90. The Morgan fingerprint density at radius 1 is 1.14 bits per heavy atom. The third-order valence-electron chi connectivity index (χ3n) is 5.90. The summed E-state index contributed by atoms with van der Waals surface area (Å²) in [5.41, 5.74) is 2.98. The molecule has 0 spiro atoms. The number of rotatable bonds is 7. The molecule has 1 fully saturated rings. The van der Waals surface area contributed by atoms with Gasteiger partial charge in [-0.05, 0) is 59.7 Å². The van der Waals surface area contributed by atoms with Crippen LogP contribution in [0.25, 0.3) is 0 Å². The zero-order valence-corrected chi connectivity index (χ0v) is 19.2. The molecule has 0 saturated carbocycles. The SMILES string of the molecule is COc1ccc(CN2C(=O)COC[C@@H]2[C@H](O)c2ccc(NC(=O)c3ccc(C#N)cc3)cc2)cc1. The highest BCUT2D eigenvalue weighted by Crippen LogP contribution is 2.27. The fourth-order valence-electron chi connectivity index (χ4n) is 3.90. The Labute approximate surface area is 203 Å². The van der Waals surface area contributed by atoms with E-state index in [2.05, 4.69) is 5.32 Å². The lowest BCUT2D eigenvalue weighted by Gasteiger charge is -2.38. The highest BCUT2D eigenvalue weighted by Gasteiger charge is 2.34. The summed E-state index contributed by atoms with van der Waals surface area (Å²) in [6.45, 7) is 0.520. The van der Waals surface area contributed by atoms with Crippen LogP contribution in [0.2, 0.25) is 0 Å². The van der Waals surface area contributed by atoms with Crippen LogP contribution in [0.15, 0.2) is 72.8 Å². The minimum Gasteiger partial charge on any atom is -0.497 e. The Morgan fingerprint density at radius 3 is 2.46 bits per heavy atom. The first-order valence-corrected chi connectivity index (χ1v) is 11.1. The normalized spacial score (nSPS) is 16.3. The van der Waals surface area contributed by atoms with Crippen LogP contribution in [-0.2, 0) is 16.1 Å². The number of anilines is 1. The van der Waals surface area contributed by atoms with Gasteiger partial charge in [0, 0.05) is 17.8 Å². The van der Waals surface area contributed by atoms with Gasteiger partial charge in [0.05, 0.1) is 31.4 Å². The van der Waals surface area contributed by atoms with Crippen molar-refractivity contribution in [3.8, 4) is 11.8 Å². The minimum atomic E-state index is -0.972. The molecule has 35 heavy (non-hydrogen) atoms. The van der Waals surface area contributed by atoms with E-state index in [1.165, 1.54) is 0 Å². The molecule has 2 atom stereocenters. The van der Waals surface area contributed by atoms with Gasteiger partial charge >= 0.3 is 0 Å². The number of morpholine rings is 1. The number of hydrogen-bond acceptors (Lipinski definition) is 6. The molecule has 8 heteroatoms. The average Bonchev–Trinajstić information content (AvgIpc) is 2.90. The van der Waals surface area contributed by atoms with Crippen molar-refractivity contribution >= 4 is 17.5 Å². The molecule has 0 unspecified atom stereocenters. The Bertz CT molecular complexity index is 1220. The summed E-state index contributed by atoms with van der Waals surface area (Å²) in [5.74, 6) is 0.229. The monoisotopic (exact) mass is 471 g/mol. The van der Waals surface area contributed by atoms with Crippen molar-refractivity contribution < 1.29 is 24.2 Å². The van der Waals surface area contributed by atoms with Crippen molar-refractivity contribution in [1.82, 2.24) is 4.90 Å². The molecule has 1 saturated heterocycles. The van der Waals surface area contributed by atoms with E-state index in [0.717, 1.165) is 11.3 Å². The third kappa shape index (κ3) is 5.66. The number of aliphatic hydroxyl groups excluding tert-OH is 1. The first kappa shape index (κ1) is 24.0. The van der Waals surface area contributed by atoms with Gasteiger partial charge in [-0.1, -0.05) is 24.3 Å². The average molecular weight is 472 g/mol. The number of nitrogens with one attached hydrogen (secondary N) is 1. The Kier molecular flexibility index (Phi) is 7.41. The van der Waals surface area contributed by atoms with Gasteiger partial charge in [0.1, 0.15) is 18.5 Å². The number of aliphatic hydroxyl groups is 1. The molecule has 4 rings (SSSR count). The van der Waals surface area contributed by atoms with E-state index in [4.69, 9.17) is 14.7 Å². The summed E-state index contributed by atoms with van der Waals surface area (Å²) < 4.78 is 10.6. The van der Waals surface area contributed by atoms with Crippen molar-refractivity contribution in [3.63, 3.8) is 0 Å². The second kappa shape index (κ2) is 10.8. The van der Waals surface area contributed by atoms with Crippen LogP contribution >= 0.6 is 0 Å². The van der Waals surface area contributed by atoms with Gasteiger partial charge in [-0.3, -0.25) is 9.59 Å². The van der Waals surface area contributed by atoms with E-state index in [1.54, 1.807) is 60.5 Å². The molecular weight excluding hydrogens is 446 g/mol. The largest absolute Gasteiger partial charge is 0.497 e. The topological polar surface area (TPSA) is 112 Å². The van der Waals surface area contributed by atoms with Crippen molar-refractivity contribution in [2.45, 2.75) is 18.7 Å². The molecule has 3 aromatic carbocycles. The zero-order chi connectivity index (χ0) is 24.8. The van der Waals surface area contributed by atoms with Gasteiger partial charge in [0.15, 0.2) is 0 Å². The van der Waals surface area contributed by atoms with E-state index in [9.17, 15) is 14.7 Å². The summed E-state index contributed by atoms with van der Waals surface area (Å²) in [7, 11) is 1.59. The lowest BCUT2D eigenvalue weighted by Crippen LogP contribution is -2.51. The van der Waals surface area contributed by atoms with Crippen LogP contribution in [0.5, 0.6) is 5.75 Å². The number of nitriles is 1. The Hall–Kier alpha value is -4.19. The maximum absolute atomic E-state index is 12.6. The maximum Gasteiger partial charge on any atom is 0.255 e. The smallest absolute Gasteiger partial charge is 0.255 e. The van der Waals surface area contributed by atoms with Crippen molar-refractivity contribution in [2.75, 3.05) is 25.6 Å². The number of carbonyl (C=O) groups excluding carboxylic acids is 2. The molecule has 178 valence electrons. The van der Waals surface area contributed by atoms with Crippen LogP contribution in [0, 0.1) is 11.3 Å². The van der Waals surface area contributed by atoms with E-state index in [1.807, 2.05) is 30.3 Å². The van der Waals surface area contributed by atoms with E-state index in [-0.39, 0.29) is 25.0 Å². The van der Waals surface area contributed by atoms with Crippen LogP contribution < -0.4 is 10.1 Å². The van der Waals surface area contributed by atoms with Crippen LogP contribution in [0.1, 0.15) is 33.2 Å². The number of hydrogen-bond donors (Lipinski definition) is 2. The molecule has 1 heterocycles. The van der Waals surface area contributed by atoms with Crippen LogP contribution in [0.4, 0.5) is 5.69 Å². The number of ether oxygens (including phenoxy) is 2. The number of methoxy groups -OCH3 is 1. The van der Waals surface area contributed by atoms with Crippen molar-refractivity contribution in [3.05, 3.63) is 95.1 Å². The molecular formula is C27H25N3O5. The number of carbonyl (C=O) groups is 2. The first-order chi connectivity index (χ1) is 17.0. The van der Waals surface area contributed by atoms with Gasteiger partial charge in [0.2, 0.25) is 5.91 Å². The summed E-state index contributed by atoms with van der Waals surface area (Å²) in [6.07, 6.45) is -0.972. The summed E-state index contributed by atoms with van der Waals surface area (Å²) >= 11 is 0. The second-order valence-electron chi connectivity index (χ2n) is 8.16. The summed E-state index contributed by atoms with van der Waals surface area (Å²) in [4.78, 5) is 26.7. The van der Waals surface area contributed by atoms with Gasteiger partial charge < -0.3 is 24.8 Å². The molecule has 8 nitrogen and oxygen atoms in total. The Balaban J connectivity index is 1.44. The van der Waals surface area contributed by atoms with Crippen molar-refractivity contribution in [2.24, 2.45) is 0 Å². The summed E-state index contributed by atoms with van der Waals surface area (Å²) in [6, 6.07) is 22.0. The lowest BCUT2D eigenvalue weighted by atomic mass is 9.99. The van der Waals surface area contributed by atoms with Gasteiger partial charge in [0.25, 0.3) is 5.91 Å². The molecule has 3 aromatic rings. The quantitative estimate of drug-likeness (QED) is 0.547. The second-order valence-corrected chi connectivity index (χ2v) is 8.16. The molecule has 2 N–H and O–H groups in total.